The summed E-state index contributed by atoms with van der Waals surface area (Å²) < 4.78 is 16.0. The first-order valence-corrected chi connectivity index (χ1v) is 9.11. The summed E-state index contributed by atoms with van der Waals surface area (Å²) in [4.78, 5) is 7.03. The van der Waals surface area contributed by atoms with Gasteiger partial charge in [0.25, 0.3) is 0 Å². The molecule has 2 N–H and O–H groups in total. The number of rotatable bonds is 3. The number of thiazole rings is 1. The average molecular weight is 347 g/mol. The molecule has 24 heavy (non-hydrogen) atoms. The first kappa shape index (κ1) is 15.5. The molecule has 0 saturated carbocycles. The van der Waals surface area contributed by atoms with Crippen molar-refractivity contribution >= 4 is 16.3 Å². The molecular formula is C17H20FN4OS+. The first-order valence-electron chi connectivity index (χ1n) is 8.29. The largest absolute Gasteiger partial charge is 0.492 e. The lowest BCUT2D eigenvalue weighted by Gasteiger charge is -2.31. The Hall–Kier alpha value is -1.99. The number of hydrogen-bond acceptors (Lipinski definition) is 4. The van der Waals surface area contributed by atoms with Crippen LogP contribution in [-0.2, 0) is 0 Å². The minimum absolute atomic E-state index is 0.0851. The summed E-state index contributed by atoms with van der Waals surface area (Å²) in [6, 6.07) is 6.65. The summed E-state index contributed by atoms with van der Waals surface area (Å²) >= 11 is 1.40. The van der Waals surface area contributed by atoms with E-state index in [1.165, 1.54) is 33.2 Å². The van der Waals surface area contributed by atoms with Gasteiger partial charge in [0.1, 0.15) is 16.5 Å². The highest BCUT2D eigenvalue weighted by Gasteiger charge is 2.35. The topological polar surface area (TPSA) is 54.9 Å². The Morgan fingerprint density at radius 1 is 1.25 bits per heavy atom. The zero-order valence-corrected chi connectivity index (χ0v) is 14.3. The lowest BCUT2D eigenvalue weighted by molar-refractivity contribution is -0.930. The van der Waals surface area contributed by atoms with Crippen LogP contribution >= 0.6 is 11.3 Å². The van der Waals surface area contributed by atoms with Gasteiger partial charge in [-0.15, -0.1) is 5.10 Å². The number of aromatic hydroxyl groups is 1. The molecule has 0 unspecified atom stereocenters. The average Bonchev–Trinajstić information content (AvgIpc) is 3.09. The van der Waals surface area contributed by atoms with Crippen molar-refractivity contribution in [3.63, 3.8) is 0 Å². The molecule has 3 heterocycles. The van der Waals surface area contributed by atoms with Gasteiger partial charge in [-0.1, -0.05) is 23.5 Å². The summed E-state index contributed by atoms with van der Waals surface area (Å²) in [6.45, 7) is 3.75. The van der Waals surface area contributed by atoms with E-state index in [1.54, 1.807) is 13.0 Å². The van der Waals surface area contributed by atoms with Crippen LogP contribution in [0.4, 0.5) is 4.39 Å². The summed E-state index contributed by atoms with van der Waals surface area (Å²) in [6.07, 6.45) is 3.47. The summed E-state index contributed by atoms with van der Waals surface area (Å²) in [7, 11) is 0. The van der Waals surface area contributed by atoms with Crippen LogP contribution in [0.1, 0.15) is 41.6 Å². The van der Waals surface area contributed by atoms with Gasteiger partial charge < -0.3 is 10.0 Å². The maximum atomic E-state index is 14.5. The SMILES string of the molecule is Cc1nc2sc([C@@H](c3ccccc3F)[NH+]3CCCCC3)c(O)n2n1. The molecule has 0 bridgehead atoms. The van der Waals surface area contributed by atoms with Crippen molar-refractivity contribution in [2.75, 3.05) is 13.1 Å². The van der Waals surface area contributed by atoms with E-state index in [4.69, 9.17) is 0 Å². The highest BCUT2D eigenvalue weighted by Crippen LogP contribution is 2.35. The Kier molecular flexibility index (Phi) is 3.97. The van der Waals surface area contributed by atoms with E-state index >= 15 is 0 Å². The number of nitrogens with one attached hydrogen (secondary N) is 1. The number of piperidine rings is 1. The molecule has 1 saturated heterocycles. The molecule has 5 nitrogen and oxygen atoms in total. The van der Waals surface area contributed by atoms with Crippen molar-refractivity contribution in [3.05, 3.63) is 46.3 Å². The minimum Gasteiger partial charge on any atom is -0.492 e. The van der Waals surface area contributed by atoms with Gasteiger partial charge in [-0.3, -0.25) is 0 Å². The molecule has 1 fully saturated rings. The van der Waals surface area contributed by atoms with E-state index in [2.05, 4.69) is 10.1 Å². The molecule has 1 aromatic carbocycles. The standard InChI is InChI=1S/C17H19FN4OS/c1-11-19-17-22(20-11)16(23)15(24-17)14(21-9-5-2-6-10-21)12-7-3-4-8-13(12)18/h3-4,7-8,14,23H,2,5-6,9-10H2,1H3/p+1/t14-/m1/s1. The van der Waals surface area contributed by atoms with Crippen molar-refractivity contribution in [2.24, 2.45) is 0 Å². The second kappa shape index (κ2) is 6.14. The van der Waals surface area contributed by atoms with Crippen molar-refractivity contribution in [2.45, 2.75) is 32.2 Å². The quantitative estimate of drug-likeness (QED) is 0.763. The van der Waals surface area contributed by atoms with E-state index in [-0.39, 0.29) is 17.7 Å². The van der Waals surface area contributed by atoms with Crippen LogP contribution in [0.5, 0.6) is 5.88 Å². The fraction of sp³-hybridized carbons (Fsp3) is 0.412. The normalized spacial score (nSPS) is 17.4. The van der Waals surface area contributed by atoms with E-state index in [0.29, 0.717) is 16.3 Å². The number of benzene rings is 1. The van der Waals surface area contributed by atoms with Gasteiger partial charge in [-0.05, 0) is 38.3 Å². The lowest BCUT2D eigenvalue weighted by atomic mass is 10.00. The lowest BCUT2D eigenvalue weighted by Crippen LogP contribution is -3.13. The van der Waals surface area contributed by atoms with Gasteiger partial charge in [-0.2, -0.15) is 4.52 Å². The molecule has 2 aromatic heterocycles. The first-order chi connectivity index (χ1) is 11.6. The summed E-state index contributed by atoms with van der Waals surface area (Å²) in [5.74, 6) is 0.480. The van der Waals surface area contributed by atoms with Crippen LogP contribution in [0.15, 0.2) is 24.3 Å². The van der Waals surface area contributed by atoms with Crippen LogP contribution in [0.25, 0.3) is 4.96 Å². The summed E-state index contributed by atoms with van der Waals surface area (Å²) in [5.41, 5.74) is 0.630. The number of quaternary nitrogens is 1. The Bertz CT molecular complexity index is 869. The van der Waals surface area contributed by atoms with Gasteiger partial charge in [0.05, 0.1) is 18.7 Å². The van der Waals surface area contributed by atoms with Gasteiger partial charge in [-0.25, -0.2) is 9.37 Å². The van der Waals surface area contributed by atoms with Crippen molar-refractivity contribution in [1.82, 2.24) is 14.6 Å². The zero-order chi connectivity index (χ0) is 16.7. The molecule has 0 amide bonds. The monoisotopic (exact) mass is 347 g/mol. The maximum Gasteiger partial charge on any atom is 0.235 e. The van der Waals surface area contributed by atoms with Crippen LogP contribution < -0.4 is 4.90 Å². The number of hydrogen-bond donors (Lipinski definition) is 2. The highest BCUT2D eigenvalue weighted by molar-refractivity contribution is 7.17. The molecule has 7 heteroatoms. The van der Waals surface area contributed by atoms with Gasteiger partial charge >= 0.3 is 0 Å². The molecule has 3 aromatic rings. The molecule has 1 aliphatic rings. The van der Waals surface area contributed by atoms with Crippen LogP contribution in [0, 0.1) is 12.7 Å². The molecular weight excluding hydrogens is 327 g/mol. The number of aromatic nitrogens is 3. The fourth-order valence-electron chi connectivity index (χ4n) is 3.59. The van der Waals surface area contributed by atoms with Crippen LogP contribution in [-0.4, -0.2) is 32.8 Å². The van der Waals surface area contributed by atoms with Crippen molar-refractivity contribution in [3.8, 4) is 5.88 Å². The molecule has 0 spiro atoms. The molecule has 1 aliphatic heterocycles. The van der Waals surface area contributed by atoms with Crippen molar-refractivity contribution < 1.29 is 14.4 Å². The van der Waals surface area contributed by atoms with Gasteiger partial charge in [0.15, 0.2) is 6.04 Å². The van der Waals surface area contributed by atoms with Gasteiger partial charge in [0.2, 0.25) is 10.8 Å². The maximum absolute atomic E-state index is 14.5. The third-order valence-corrected chi connectivity index (χ3v) is 5.77. The number of nitrogens with zero attached hydrogens (tertiary/aromatic N) is 3. The molecule has 0 aliphatic carbocycles. The predicted octanol–water partition coefficient (Wildman–Crippen LogP) is 2.10. The van der Waals surface area contributed by atoms with E-state index < -0.39 is 0 Å². The number of aryl methyl sites for hydroxylation is 1. The molecule has 1 atom stereocenters. The third kappa shape index (κ3) is 2.57. The Balaban J connectivity index is 1.86. The van der Waals surface area contributed by atoms with Crippen LogP contribution in [0.3, 0.4) is 0 Å². The minimum atomic E-state index is -0.227. The Labute approximate surface area is 143 Å². The van der Waals surface area contributed by atoms with E-state index in [9.17, 15) is 9.50 Å². The van der Waals surface area contributed by atoms with Crippen molar-refractivity contribution in [1.29, 1.82) is 0 Å². The smallest absolute Gasteiger partial charge is 0.235 e. The number of halogens is 1. The number of fused-ring (bicyclic) bond motifs is 1. The zero-order valence-electron chi connectivity index (χ0n) is 13.5. The molecule has 0 radical (unpaired) electrons. The summed E-state index contributed by atoms with van der Waals surface area (Å²) in [5, 5.41) is 14.9. The van der Waals surface area contributed by atoms with Gasteiger partial charge in [0, 0.05) is 0 Å². The second-order valence-electron chi connectivity index (χ2n) is 6.32. The molecule has 4 rings (SSSR count). The predicted molar refractivity (Wildman–Crippen MR) is 90.1 cm³/mol. The Morgan fingerprint density at radius 2 is 2.00 bits per heavy atom. The Morgan fingerprint density at radius 3 is 2.71 bits per heavy atom. The number of likely N-dealkylation sites (tertiary alicyclic amines) is 1. The van der Waals surface area contributed by atoms with Crippen LogP contribution in [0.2, 0.25) is 0 Å². The highest BCUT2D eigenvalue weighted by atomic mass is 32.1. The third-order valence-electron chi connectivity index (χ3n) is 4.69. The fourth-order valence-corrected chi connectivity index (χ4v) is 4.76. The van der Waals surface area contributed by atoms with E-state index in [0.717, 1.165) is 30.8 Å². The molecule has 126 valence electrons. The van der Waals surface area contributed by atoms with E-state index in [1.807, 2.05) is 12.1 Å². The second-order valence-corrected chi connectivity index (χ2v) is 7.33.